The number of aromatic nitrogens is 2. The number of aromatic amines is 1. The Morgan fingerprint density at radius 3 is 3.05 bits per heavy atom. The van der Waals surface area contributed by atoms with Crippen LogP contribution >= 0.6 is 0 Å². The van der Waals surface area contributed by atoms with Gasteiger partial charge in [0.15, 0.2) is 11.4 Å². The summed E-state index contributed by atoms with van der Waals surface area (Å²) in [4.78, 5) is 7.53. The molecule has 104 valence electrons. The van der Waals surface area contributed by atoms with E-state index in [1.807, 2.05) is 18.5 Å². The van der Waals surface area contributed by atoms with Gasteiger partial charge in [0.25, 0.3) is 5.37 Å². The maximum atomic E-state index is 4.19. The lowest BCUT2D eigenvalue weighted by molar-refractivity contribution is -0.591. The summed E-state index contributed by atoms with van der Waals surface area (Å²) in [6, 6.07) is 13.9. The molecule has 0 saturated carbocycles. The molecule has 0 unspecified atom stereocenters. The van der Waals surface area contributed by atoms with Gasteiger partial charge < -0.3 is 15.3 Å². The van der Waals surface area contributed by atoms with Gasteiger partial charge in [0.2, 0.25) is 0 Å². The molecule has 3 heterocycles. The Balaban J connectivity index is 1.51. The van der Waals surface area contributed by atoms with Gasteiger partial charge in [-0.2, -0.15) is 0 Å². The quantitative estimate of drug-likeness (QED) is 0.430. The molecular weight excluding hydrogens is 278 g/mol. The summed E-state index contributed by atoms with van der Waals surface area (Å²) in [7, 11) is 0. The highest BCUT2D eigenvalue weighted by atomic mass is 32.1. The molecule has 0 spiro atoms. The van der Waals surface area contributed by atoms with E-state index in [0.717, 1.165) is 6.42 Å². The molecule has 4 heteroatoms. The second kappa shape index (κ2) is 5.31. The number of rotatable bonds is 3. The Hall–Kier alpha value is -2.17. The molecule has 3 N–H and O–H groups in total. The van der Waals surface area contributed by atoms with Crippen LogP contribution in [-0.2, 0) is 17.8 Å². The van der Waals surface area contributed by atoms with Crippen LogP contribution in [0.4, 0.5) is 0 Å². The lowest BCUT2D eigenvalue weighted by Crippen LogP contribution is -2.85. The van der Waals surface area contributed by atoms with E-state index in [0.29, 0.717) is 0 Å². The average Bonchev–Trinajstić information content (AvgIpc) is 3.17. The topological polar surface area (TPSA) is 45.3 Å². The van der Waals surface area contributed by atoms with E-state index in [4.69, 9.17) is 0 Å². The minimum absolute atomic E-state index is 0.959. The predicted molar refractivity (Wildman–Crippen MR) is 87.2 cm³/mol. The lowest BCUT2D eigenvalue weighted by Gasteiger charge is -2.17. The van der Waals surface area contributed by atoms with Crippen molar-refractivity contribution in [2.75, 3.05) is 0 Å². The van der Waals surface area contributed by atoms with Crippen molar-refractivity contribution in [1.82, 2.24) is 9.97 Å². The second-order valence-electron chi connectivity index (χ2n) is 5.10. The Morgan fingerprint density at radius 1 is 1.19 bits per heavy atom. The van der Waals surface area contributed by atoms with Crippen LogP contribution in [0.15, 0.2) is 55.0 Å². The number of hydrogen-bond acceptors (Lipinski definition) is 1. The number of nitrogens with one attached hydrogen (secondary N) is 1. The first kappa shape index (κ1) is 12.6. The molecule has 1 aliphatic rings. The molecule has 0 amide bonds. The van der Waals surface area contributed by atoms with Crippen LogP contribution in [0.3, 0.4) is 0 Å². The van der Waals surface area contributed by atoms with Crippen molar-refractivity contribution in [3.05, 3.63) is 77.5 Å². The van der Waals surface area contributed by atoms with Crippen LogP contribution in [0.5, 0.6) is 0 Å². The molecular formula is C17H15N3S. The van der Waals surface area contributed by atoms with Crippen LogP contribution in [0.25, 0.3) is 10.9 Å². The number of H-pyrrole nitrogens is 1. The molecule has 1 aliphatic heterocycles. The lowest BCUT2D eigenvalue weighted by atomic mass is 10.1. The average molecular weight is 293 g/mol. The third kappa shape index (κ3) is 2.44. The van der Waals surface area contributed by atoms with E-state index in [1.54, 1.807) is 11.4 Å². The van der Waals surface area contributed by atoms with Crippen LogP contribution in [0.2, 0.25) is 0 Å². The molecule has 0 saturated heterocycles. The molecule has 0 fully saturated rings. The van der Waals surface area contributed by atoms with Gasteiger partial charge in [0, 0.05) is 17.1 Å². The zero-order valence-corrected chi connectivity index (χ0v) is 12.2. The third-order valence-electron chi connectivity index (χ3n) is 3.67. The number of quaternary nitrogens is 1. The van der Waals surface area contributed by atoms with Gasteiger partial charge in [0.05, 0.1) is 5.37 Å². The van der Waals surface area contributed by atoms with Gasteiger partial charge in [-0.05, 0) is 23.9 Å². The smallest absolute Gasteiger partial charge is 0.260 e. The molecule has 0 atom stereocenters. The molecule has 0 bridgehead atoms. The molecule has 3 nitrogen and oxygen atoms in total. The van der Waals surface area contributed by atoms with Crippen molar-refractivity contribution >= 4 is 27.6 Å². The zero-order chi connectivity index (χ0) is 14.1. The Labute approximate surface area is 127 Å². The minimum atomic E-state index is 0.959. The number of para-hydroxylation sites is 1. The number of benzene rings is 1. The van der Waals surface area contributed by atoms with Gasteiger partial charge in [-0.25, -0.2) is 0 Å². The maximum absolute atomic E-state index is 4.19. The highest BCUT2D eigenvalue weighted by Crippen LogP contribution is 2.20. The van der Waals surface area contributed by atoms with E-state index in [9.17, 15) is 0 Å². The standard InChI is InChI=1S/C17H15N3S/c1-2-6-16-15(5-1)13(10-19-16)8-14-11-21-17(20-14)12-4-3-7-18-9-12/h1-7,9-11,19H,8,20H2. The Morgan fingerprint density at radius 2 is 2.14 bits per heavy atom. The molecule has 3 aromatic rings. The molecule has 4 rings (SSSR count). The third-order valence-corrected chi connectivity index (χ3v) is 4.70. The van der Waals surface area contributed by atoms with Crippen LogP contribution in [0, 0.1) is 11.4 Å². The molecule has 0 radical (unpaired) electrons. The Kier molecular flexibility index (Phi) is 3.18. The second-order valence-corrected chi connectivity index (χ2v) is 6.01. The van der Waals surface area contributed by atoms with Crippen molar-refractivity contribution < 1.29 is 5.32 Å². The van der Waals surface area contributed by atoms with E-state index < -0.39 is 0 Å². The molecule has 21 heavy (non-hydrogen) atoms. The number of nitrogens with two attached hydrogens (primary N) is 1. The minimum Gasteiger partial charge on any atom is -0.435 e. The van der Waals surface area contributed by atoms with Gasteiger partial charge in [-0.3, -0.25) is 0 Å². The van der Waals surface area contributed by atoms with Crippen LogP contribution < -0.4 is 5.32 Å². The fourth-order valence-corrected chi connectivity index (χ4v) is 3.53. The Bertz CT molecular complexity index is 779. The number of fused-ring (bicyclic) bond motifs is 1. The van der Waals surface area contributed by atoms with Crippen molar-refractivity contribution in [1.29, 1.82) is 0 Å². The molecule has 2 aromatic heterocycles. The predicted octanol–water partition coefficient (Wildman–Crippen LogP) is 1.64. The molecule has 0 aliphatic carbocycles. The summed E-state index contributed by atoms with van der Waals surface area (Å²) >= 11 is 1.78. The zero-order valence-electron chi connectivity index (χ0n) is 11.4. The summed E-state index contributed by atoms with van der Waals surface area (Å²) in [5, 5.41) is 7.10. The van der Waals surface area contributed by atoms with E-state index in [2.05, 4.69) is 57.2 Å². The van der Waals surface area contributed by atoms with Gasteiger partial charge in [0.1, 0.15) is 0 Å². The van der Waals surface area contributed by atoms with Crippen LogP contribution in [0.1, 0.15) is 11.1 Å². The number of hydrogen-bond donors (Lipinski definition) is 2. The highest BCUT2D eigenvalue weighted by Gasteiger charge is 2.24. The number of pyridine rings is 1. The van der Waals surface area contributed by atoms with Crippen molar-refractivity contribution in [2.24, 2.45) is 0 Å². The van der Waals surface area contributed by atoms with Gasteiger partial charge in [-0.15, -0.1) is 6.07 Å². The first-order valence-electron chi connectivity index (χ1n) is 6.93. The fourth-order valence-electron chi connectivity index (χ4n) is 2.63. The summed E-state index contributed by atoms with van der Waals surface area (Å²) in [5.74, 6) is 0. The first-order chi connectivity index (χ1) is 10.4. The normalized spacial score (nSPS) is 15.1. The van der Waals surface area contributed by atoms with Gasteiger partial charge >= 0.3 is 0 Å². The largest absolute Gasteiger partial charge is 0.435 e. The summed E-state index contributed by atoms with van der Waals surface area (Å²) < 4.78 is 0. The van der Waals surface area contributed by atoms with E-state index in [1.165, 1.54) is 33.4 Å². The SMILES string of the molecule is C1=[S+][C-](c2cccnc2)[NH2+][C-]1Cc1c[nH]c2ccccc12. The monoisotopic (exact) mass is 293 g/mol. The summed E-state index contributed by atoms with van der Waals surface area (Å²) in [6.07, 6.45) is 6.80. The van der Waals surface area contributed by atoms with Crippen molar-refractivity contribution in [3.63, 3.8) is 0 Å². The van der Waals surface area contributed by atoms with E-state index >= 15 is 0 Å². The fraction of sp³-hybridized carbons (Fsp3) is 0.0588. The summed E-state index contributed by atoms with van der Waals surface area (Å²) in [6.45, 7) is 0. The van der Waals surface area contributed by atoms with Crippen LogP contribution in [-0.4, -0.2) is 15.3 Å². The summed E-state index contributed by atoms with van der Waals surface area (Å²) in [5.41, 5.74) is 3.74. The van der Waals surface area contributed by atoms with E-state index in [-0.39, 0.29) is 0 Å². The highest BCUT2D eigenvalue weighted by molar-refractivity contribution is 7.80. The molecule has 1 aromatic carbocycles. The van der Waals surface area contributed by atoms with Crippen molar-refractivity contribution in [2.45, 2.75) is 6.42 Å². The first-order valence-corrected chi connectivity index (χ1v) is 7.81. The van der Waals surface area contributed by atoms with Crippen molar-refractivity contribution in [3.8, 4) is 0 Å². The number of nitrogens with zero attached hydrogens (tertiary/aromatic N) is 1. The maximum Gasteiger partial charge on any atom is 0.260 e. The van der Waals surface area contributed by atoms with Gasteiger partial charge in [-0.1, -0.05) is 42.4 Å².